The summed E-state index contributed by atoms with van der Waals surface area (Å²) in [7, 11) is 0. The van der Waals surface area contributed by atoms with Crippen molar-refractivity contribution in [1.82, 2.24) is 5.32 Å². The first-order valence-electron chi connectivity index (χ1n) is 4.97. The molecule has 3 N–H and O–H groups in total. The number of anilines is 1. The van der Waals surface area contributed by atoms with Gasteiger partial charge in [-0.15, -0.1) is 0 Å². The first-order chi connectivity index (χ1) is 7.99. The highest BCUT2D eigenvalue weighted by atomic mass is 19.1. The average molecular weight is 240 g/mol. The SMILES string of the molecule is Cc1ccc(F)cc1NC(=O)CNCC(=O)O. The largest absolute Gasteiger partial charge is 0.480 e. The quantitative estimate of drug-likeness (QED) is 0.709. The Balaban J connectivity index is 2.50. The van der Waals surface area contributed by atoms with Crippen molar-refractivity contribution in [3.05, 3.63) is 29.6 Å². The maximum absolute atomic E-state index is 12.9. The molecule has 1 aromatic rings. The molecule has 17 heavy (non-hydrogen) atoms. The molecule has 0 aromatic heterocycles. The van der Waals surface area contributed by atoms with Crippen LogP contribution in [0.25, 0.3) is 0 Å². The van der Waals surface area contributed by atoms with Gasteiger partial charge in [0.2, 0.25) is 5.91 Å². The summed E-state index contributed by atoms with van der Waals surface area (Å²) in [5.41, 5.74) is 1.12. The molecule has 0 spiro atoms. The van der Waals surface area contributed by atoms with Gasteiger partial charge >= 0.3 is 5.97 Å². The lowest BCUT2D eigenvalue weighted by Gasteiger charge is -2.08. The van der Waals surface area contributed by atoms with Crippen LogP contribution in [-0.2, 0) is 9.59 Å². The Bertz CT molecular complexity index is 435. The van der Waals surface area contributed by atoms with E-state index in [1.165, 1.54) is 12.1 Å². The number of benzene rings is 1. The lowest BCUT2D eigenvalue weighted by molar-refractivity contribution is -0.135. The van der Waals surface area contributed by atoms with Crippen molar-refractivity contribution in [2.45, 2.75) is 6.92 Å². The fourth-order valence-corrected chi connectivity index (χ4v) is 1.21. The van der Waals surface area contributed by atoms with Crippen LogP contribution < -0.4 is 10.6 Å². The van der Waals surface area contributed by atoms with Gasteiger partial charge in [0.05, 0.1) is 13.1 Å². The van der Waals surface area contributed by atoms with Gasteiger partial charge in [0, 0.05) is 5.69 Å². The predicted octanol–water partition coefficient (Wildman–Crippen LogP) is 0.747. The lowest BCUT2D eigenvalue weighted by Crippen LogP contribution is -2.32. The minimum absolute atomic E-state index is 0.137. The van der Waals surface area contributed by atoms with Crippen LogP contribution in [0.2, 0.25) is 0 Å². The van der Waals surface area contributed by atoms with Crippen LogP contribution in [-0.4, -0.2) is 30.1 Å². The summed E-state index contributed by atoms with van der Waals surface area (Å²) >= 11 is 0. The van der Waals surface area contributed by atoms with E-state index in [2.05, 4.69) is 10.6 Å². The Morgan fingerprint density at radius 3 is 2.71 bits per heavy atom. The normalized spacial score (nSPS) is 10.0. The van der Waals surface area contributed by atoms with Crippen molar-refractivity contribution in [3.8, 4) is 0 Å². The molecule has 0 saturated heterocycles. The summed E-state index contributed by atoms with van der Waals surface area (Å²) < 4.78 is 12.9. The van der Waals surface area contributed by atoms with Gasteiger partial charge in [-0.05, 0) is 24.6 Å². The number of aliphatic carboxylic acids is 1. The molecule has 0 unspecified atom stereocenters. The number of carboxylic acid groups (broad SMARTS) is 1. The van der Waals surface area contributed by atoms with Crippen LogP contribution in [0, 0.1) is 12.7 Å². The second-order valence-electron chi connectivity index (χ2n) is 3.50. The average Bonchev–Trinajstić information content (AvgIpc) is 2.23. The molecule has 6 heteroatoms. The van der Waals surface area contributed by atoms with Gasteiger partial charge in [-0.1, -0.05) is 6.07 Å². The standard InChI is InChI=1S/C11H13FN2O3/c1-7-2-3-8(12)4-9(7)14-10(15)5-13-6-11(16)17/h2-4,13H,5-6H2,1H3,(H,14,15)(H,16,17). The first kappa shape index (κ1) is 13.1. The number of carboxylic acids is 1. The molecular formula is C11H13FN2O3. The summed E-state index contributed by atoms with van der Waals surface area (Å²) in [4.78, 5) is 21.6. The fourth-order valence-electron chi connectivity index (χ4n) is 1.21. The third-order valence-corrected chi connectivity index (χ3v) is 2.04. The Kier molecular flexibility index (Phi) is 4.59. The highest BCUT2D eigenvalue weighted by molar-refractivity contribution is 5.93. The predicted molar refractivity (Wildman–Crippen MR) is 60.3 cm³/mol. The van der Waals surface area contributed by atoms with E-state index in [-0.39, 0.29) is 13.1 Å². The molecule has 1 rings (SSSR count). The second kappa shape index (κ2) is 5.95. The Morgan fingerprint density at radius 1 is 1.35 bits per heavy atom. The summed E-state index contributed by atoms with van der Waals surface area (Å²) in [6, 6.07) is 4.06. The molecule has 92 valence electrons. The lowest BCUT2D eigenvalue weighted by atomic mass is 10.2. The first-order valence-corrected chi connectivity index (χ1v) is 4.97. The number of carbonyl (C=O) groups is 2. The van der Waals surface area contributed by atoms with E-state index in [0.717, 1.165) is 5.56 Å². The van der Waals surface area contributed by atoms with E-state index in [1.807, 2.05) is 0 Å². The van der Waals surface area contributed by atoms with E-state index in [1.54, 1.807) is 13.0 Å². The van der Waals surface area contributed by atoms with Crippen LogP contribution >= 0.6 is 0 Å². The molecule has 0 aliphatic rings. The summed E-state index contributed by atoms with van der Waals surface area (Å²) in [6.45, 7) is 1.30. The minimum Gasteiger partial charge on any atom is -0.480 e. The van der Waals surface area contributed by atoms with Gasteiger partial charge in [-0.25, -0.2) is 4.39 Å². The molecule has 1 amide bonds. The maximum Gasteiger partial charge on any atom is 0.317 e. The third-order valence-electron chi connectivity index (χ3n) is 2.04. The fraction of sp³-hybridized carbons (Fsp3) is 0.273. The molecule has 0 aliphatic heterocycles. The number of aryl methyl sites for hydroxylation is 1. The van der Waals surface area contributed by atoms with Crippen molar-refractivity contribution in [1.29, 1.82) is 0 Å². The van der Waals surface area contributed by atoms with Crippen molar-refractivity contribution in [2.24, 2.45) is 0 Å². The van der Waals surface area contributed by atoms with Crippen LogP contribution in [0.15, 0.2) is 18.2 Å². The second-order valence-corrected chi connectivity index (χ2v) is 3.50. The van der Waals surface area contributed by atoms with Crippen molar-refractivity contribution in [2.75, 3.05) is 18.4 Å². The van der Waals surface area contributed by atoms with Gasteiger partial charge in [-0.3, -0.25) is 14.9 Å². The van der Waals surface area contributed by atoms with E-state index in [0.29, 0.717) is 5.69 Å². The number of amides is 1. The third kappa shape index (κ3) is 4.60. The van der Waals surface area contributed by atoms with Crippen LogP contribution in [0.3, 0.4) is 0 Å². The van der Waals surface area contributed by atoms with Crippen molar-refractivity contribution < 1.29 is 19.1 Å². The molecular weight excluding hydrogens is 227 g/mol. The number of nitrogens with one attached hydrogen (secondary N) is 2. The molecule has 0 radical (unpaired) electrons. The zero-order chi connectivity index (χ0) is 12.8. The van der Waals surface area contributed by atoms with Gasteiger partial charge in [-0.2, -0.15) is 0 Å². The molecule has 0 aliphatic carbocycles. The molecule has 0 saturated carbocycles. The Labute approximate surface area is 97.6 Å². The molecule has 0 bridgehead atoms. The zero-order valence-corrected chi connectivity index (χ0v) is 9.29. The Hall–Kier alpha value is -1.95. The van der Waals surface area contributed by atoms with Crippen LogP contribution in [0.1, 0.15) is 5.56 Å². The smallest absolute Gasteiger partial charge is 0.317 e. The van der Waals surface area contributed by atoms with Crippen LogP contribution in [0.5, 0.6) is 0 Å². The molecule has 0 fully saturated rings. The number of carbonyl (C=O) groups excluding carboxylic acids is 1. The number of hydrogen-bond acceptors (Lipinski definition) is 3. The maximum atomic E-state index is 12.9. The highest BCUT2D eigenvalue weighted by Crippen LogP contribution is 2.15. The van der Waals surface area contributed by atoms with E-state index < -0.39 is 17.7 Å². The summed E-state index contributed by atoms with van der Waals surface area (Å²) in [5.74, 6) is -1.90. The minimum atomic E-state index is -1.04. The number of hydrogen-bond donors (Lipinski definition) is 3. The van der Waals surface area contributed by atoms with E-state index in [9.17, 15) is 14.0 Å². The van der Waals surface area contributed by atoms with E-state index >= 15 is 0 Å². The van der Waals surface area contributed by atoms with Gasteiger partial charge in [0.25, 0.3) is 0 Å². The molecule has 0 heterocycles. The van der Waals surface area contributed by atoms with Gasteiger partial charge in [0.15, 0.2) is 0 Å². The molecule has 5 nitrogen and oxygen atoms in total. The summed E-state index contributed by atoms with van der Waals surface area (Å²) in [6.07, 6.45) is 0. The van der Waals surface area contributed by atoms with Crippen molar-refractivity contribution in [3.63, 3.8) is 0 Å². The Morgan fingerprint density at radius 2 is 2.06 bits per heavy atom. The molecule has 0 atom stereocenters. The zero-order valence-electron chi connectivity index (χ0n) is 9.29. The van der Waals surface area contributed by atoms with Gasteiger partial charge in [0.1, 0.15) is 5.82 Å². The molecule has 1 aromatic carbocycles. The highest BCUT2D eigenvalue weighted by Gasteiger charge is 2.06. The number of halogens is 1. The van der Waals surface area contributed by atoms with E-state index in [4.69, 9.17) is 5.11 Å². The number of rotatable bonds is 5. The topological polar surface area (TPSA) is 78.4 Å². The van der Waals surface area contributed by atoms with Crippen molar-refractivity contribution >= 4 is 17.6 Å². The summed E-state index contributed by atoms with van der Waals surface area (Å²) in [5, 5.41) is 13.3. The van der Waals surface area contributed by atoms with Gasteiger partial charge < -0.3 is 10.4 Å². The monoisotopic (exact) mass is 240 g/mol. The van der Waals surface area contributed by atoms with Crippen LogP contribution in [0.4, 0.5) is 10.1 Å².